The Morgan fingerprint density at radius 3 is 2.61 bits per heavy atom. The fourth-order valence-electron chi connectivity index (χ4n) is 2.99. The van der Waals surface area contributed by atoms with Crippen LogP contribution in [-0.2, 0) is 6.42 Å². The Hall–Kier alpha value is -0.860. The van der Waals surface area contributed by atoms with Crippen molar-refractivity contribution in [3.63, 3.8) is 0 Å². The number of hydrogen-bond donors (Lipinski definition) is 1. The monoisotopic (exact) mass is 246 g/mol. The van der Waals surface area contributed by atoms with E-state index in [0.717, 1.165) is 0 Å². The Bertz CT molecular complexity index is 347. The van der Waals surface area contributed by atoms with E-state index in [1.807, 2.05) is 0 Å². The predicted octanol–water partition coefficient (Wildman–Crippen LogP) is 2.68. The Morgan fingerprint density at radius 1 is 1.33 bits per heavy atom. The summed E-state index contributed by atoms with van der Waals surface area (Å²) in [6.45, 7) is 6.85. The van der Waals surface area contributed by atoms with E-state index in [1.54, 1.807) is 0 Å². The third kappa shape index (κ3) is 3.33. The molecule has 1 aromatic carbocycles. The quantitative estimate of drug-likeness (QED) is 0.865. The van der Waals surface area contributed by atoms with Gasteiger partial charge in [-0.05, 0) is 44.2 Å². The second-order valence-corrected chi connectivity index (χ2v) is 5.65. The van der Waals surface area contributed by atoms with E-state index in [-0.39, 0.29) is 0 Å². The smallest absolute Gasteiger partial charge is 0.0133 e. The molecular weight excluding hydrogens is 220 g/mol. The van der Waals surface area contributed by atoms with Crippen molar-refractivity contribution in [1.82, 2.24) is 4.90 Å². The summed E-state index contributed by atoms with van der Waals surface area (Å²) in [4.78, 5) is 2.64. The summed E-state index contributed by atoms with van der Waals surface area (Å²) >= 11 is 0. The lowest BCUT2D eigenvalue weighted by molar-refractivity contribution is 0.222. The Kier molecular flexibility index (Phi) is 4.79. The molecule has 2 nitrogen and oxygen atoms in total. The van der Waals surface area contributed by atoms with E-state index in [9.17, 15) is 0 Å². The lowest BCUT2D eigenvalue weighted by Crippen LogP contribution is -2.36. The summed E-state index contributed by atoms with van der Waals surface area (Å²) in [5.41, 5.74) is 7.48. The van der Waals surface area contributed by atoms with Gasteiger partial charge in [-0.15, -0.1) is 0 Å². The first-order valence-corrected chi connectivity index (χ1v) is 7.24. The Balaban J connectivity index is 1.94. The maximum atomic E-state index is 6.03. The molecule has 1 aliphatic heterocycles. The maximum Gasteiger partial charge on any atom is 0.0133 e. The van der Waals surface area contributed by atoms with Gasteiger partial charge in [-0.2, -0.15) is 0 Å². The fourth-order valence-corrected chi connectivity index (χ4v) is 2.99. The number of rotatable bonds is 5. The molecule has 0 saturated carbocycles. The molecule has 0 radical (unpaired) electrons. The molecular formula is C16H26N2. The van der Waals surface area contributed by atoms with Crippen molar-refractivity contribution in [2.75, 3.05) is 13.1 Å². The lowest BCUT2D eigenvalue weighted by atomic mass is 10.0. The molecule has 3 atom stereocenters. The minimum atomic E-state index is 0.337. The molecule has 3 unspecified atom stereocenters. The topological polar surface area (TPSA) is 29.3 Å². The molecule has 2 heteroatoms. The largest absolute Gasteiger partial charge is 0.328 e. The van der Waals surface area contributed by atoms with Crippen molar-refractivity contribution < 1.29 is 0 Å². The minimum absolute atomic E-state index is 0.337. The van der Waals surface area contributed by atoms with Crippen LogP contribution >= 0.6 is 0 Å². The van der Waals surface area contributed by atoms with Crippen molar-refractivity contribution in [3.8, 4) is 0 Å². The van der Waals surface area contributed by atoms with Crippen LogP contribution in [-0.4, -0.2) is 30.1 Å². The average molecular weight is 246 g/mol. The molecule has 0 aliphatic carbocycles. The van der Waals surface area contributed by atoms with Crippen molar-refractivity contribution in [1.29, 1.82) is 0 Å². The van der Waals surface area contributed by atoms with Crippen molar-refractivity contribution in [2.45, 2.75) is 45.2 Å². The van der Waals surface area contributed by atoms with Crippen LogP contribution in [0.15, 0.2) is 30.3 Å². The first-order chi connectivity index (χ1) is 8.70. The fraction of sp³-hybridized carbons (Fsp3) is 0.625. The van der Waals surface area contributed by atoms with Crippen LogP contribution in [0.5, 0.6) is 0 Å². The van der Waals surface area contributed by atoms with E-state index in [4.69, 9.17) is 5.73 Å². The molecule has 2 rings (SSSR count). The predicted molar refractivity (Wildman–Crippen MR) is 77.6 cm³/mol. The van der Waals surface area contributed by atoms with E-state index in [0.29, 0.717) is 18.0 Å². The molecule has 0 bridgehead atoms. The zero-order chi connectivity index (χ0) is 13.0. The molecule has 2 N–H and O–H groups in total. The Labute approximate surface area is 111 Å². The van der Waals surface area contributed by atoms with E-state index < -0.39 is 0 Å². The van der Waals surface area contributed by atoms with Gasteiger partial charge in [-0.25, -0.2) is 0 Å². The molecule has 1 heterocycles. The number of nitrogens with two attached hydrogens (primary N) is 1. The van der Waals surface area contributed by atoms with E-state index >= 15 is 0 Å². The van der Waals surface area contributed by atoms with Crippen LogP contribution in [0.4, 0.5) is 0 Å². The van der Waals surface area contributed by atoms with Gasteiger partial charge < -0.3 is 5.73 Å². The highest BCUT2D eigenvalue weighted by atomic mass is 15.2. The third-order valence-electron chi connectivity index (χ3n) is 4.30. The summed E-state index contributed by atoms with van der Waals surface area (Å²) in [6, 6.07) is 11.9. The highest BCUT2D eigenvalue weighted by molar-refractivity contribution is 5.16. The number of benzene rings is 1. The summed E-state index contributed by atoms with van der Waals surface area (Å²) in [7, 11) is 0. The van der Waals surface area contributed by atoms with Gasteiger partial charge in [0.1, 0.15) is 0 Å². The number of likely N-dealkylation sites (tertiary alicyclic amines) is 1. The molecule has 0 amide bonds. The molecule has 1 fully saturated rings. The molecule has 18 heavy (non-hydrogen) atoms. The van der Waals surface area contributed by atoms with Gasteiger partial charge in [0.15, 0.2) is 0 Å². The van der Waals surface area contributed by atoms with E-state index in [1.165, 1.54) is 37.9 Å². The zero-order valence-electron chi connectivity index (χ0n) is 11.7. The summed E-state index contributed by atoms with van der Waals surface area (Å²) in [5, 5.41) is 0. The highest BCUT2D eigenvalue weighted by Crippen LogP contribution is 2.23. The maximum absolute atomic E-state index is 6.03. The van der Waals surface area contributed by atoms with Crippen LogP contribution < -0.4 is 5.73 Å². The normalized spacial score (nSPS) is 24.1. The zero-order valence-corrected chi connectivity index (χ0v) is 11.7. The van der Waals surface area contributed by atoms with Crippen molar-refractivity contribution >= 4 is 0 Å². The van der Waals surface area contributed by atoms with Gasteiger partial charge in [0.05, 0.1) is 0 Å². The Morgan fingerprint density at radius 2 is 2.06 bits per heavy atom. The molecule has 1 aromatic rings. The average Bonchev–Trinajstić information content (AvgIpc) is 2.87. The second kappa shape index (κ2) is 6.35. The van der Waals surface area contributed by atoms with Gasteiger partial charge in [0.25, 0.3) is 0 Å². The summed E-state index contributed by atoms with van der Waals surface area (Å²) in [5.74, 6) is 0.690. The van der Waals surface area contributed by atoms with Gasteiger partial charge in [-0.1, -0.05) is 37.3 Å². The van der Waals surface area contributed by atoms with Crippen LogP contribution in [0.25, 0.3) is 0 Å². The van der Waals surface area contributed by atoms with Crippen LogP contribution in [0, 0.1) is 5.92 Å². The van der Waals surface area contributed by atoms with E-state index in [2.05, 4.69) is 49.1 Å². The first-order valence-electron chi connectivity index (χ1n) is 7.24. The minimum Gasteiger partial charge on any atom is -0.328 e. The summed E-state index contributed by atoms with van der Waals surface area (Å²) < 4.78 is 0. The standard InChI is InChI=1S/C16H26N2/c1-3-16(11-14-7-5-4-6-8-14)18-10-9-15(12-18)13(2)17/h4-8,13,15-16H,3,9-12,17H2,1-2H3. The lowest BCUT2D eigenvalue weighted by Gasteiger charge is -2.27. The second-order valence-electron chi connectivity index (χ2n) is 5.65. The SMILES string of the molecule is CCC(Cc1ccccc1)N1CCC(C(C)N)C1. The number of hydrogen-bond acceptors (Lipinski definition) is 2. The molecule has 0 spiro atoms. The van der Waals surface area contributed by atoms with Gasteiger partial charge >= 0.3 is 0 Å². The van der Waals surface area contributed by atoms with Crippen LogP contribution in [0.1, 0.15) is 32.3 Å². The third-order valence-corrected chi connectivity index (χ3v) is 4.30. The molecule has 0 aromatic heterocycles. The first kappa shape index (κ1) is 13.6. The van der Waals surface area contributed by atoms with Crippen LogP contribution in [0.3, 0.4) is 0 Å². The van der Waals surface area contributed by atoms with Gasteiger partial charge in [0.2, 0.25) is 0 Å². The van der Waals surface area contributed by atoms with Gasteiger partial charge in [0, 0.05) is 18.6 Å². The summed E-state index contributed by atoms with van der Waals surface area (Å²) in [6.07, 6.45) is 3.66. The molecule has 1 saturated heterocycles. The molecule has 1 aliphatic rings. The molecule has 100 valence electrons. The number of nitrogens with zero attached hydrogens (tertiary/aromatic N) is 1. The van der Waals surface area contributed by atoms with Crippen molar-refractivity contribution in [3.05, 3.63) is 35.9 Å². The van der Waals surface area contributed by atoms with Crippen molar-refractivity contribution in [2.24, 2.45) is 11.7 Å². The van der Waals surface area contributed by atoms with Crippen LogP contribution in [0.2, 0.25) is 0 Å². The highest BCUT2D eigenvalue weighted by Gasteiger charge is 2.29. The van der Waals surface area contributed by atoms with Gasteiger partial charge in [-0.3, -0.25) is 4.90 Å².